The molecule has 4 rings (SSSR count). The first-order chi connectivity index (χ1) is 12.8. The highest BCUT2D eigenvalue weighted by atomic mass is 35.5. The second-order valence-electron chi connectivity index (χ2n) is 7.06. The molecule has 27 heavy (non-hydrogen) atoms. The molecule has 0 saturated carbocycles. The van der Waals surface area contributed by atoms with Gasteiger partial charge in [0.2, 0.25) is 16.9 Å². The van der Waals surface area contributed by atoms with E-state index in [0.29, 0.717) is 23.0 Å². The van der Waals surface area contributed by atoms with Crippen molar-refractivity contribution in [3.8, 4) is 17.4 Å². The van der Waals surface area contributed by atoms with Crippen molar-refractivity contribution < 1.29 is 9.26 Å². The molecule has 0 spiro atoms. The van der Waals surface area contributed by atoms with Crippen LogP contribution in [0, 0.1) is 0 Å². The van der Waals surface area contributed by atoms with E-state index in [0.717, 1.165) is 11.3 Å². The molecule has 11 heteroatoms. The maximum Gasteiger partial charge on any atom is 0.232 e. The molecule has 0 saturated heterocycles. The van der Waals surface area contributed by atoms with Crippen molar-refractivity contribution in [2.75, 3.05) is 0 Å². The van der Waals surface area contributed by atoms with Crippen molar-refractivity contribution in [1.29, 1.82) is 0 Å². The predicted molar refractivity (Wildman–Crippen MR) is 95.3 cm³/mol. The van der Waals surface area contributed by atoms with Gasteiger partial charge in [0.25, 0.3) is 0 Å². The first-order valence-corrected chi connectivity index (χ1v) is 8.56. The van der Waals surface area contributed by atoms with Crippen LogP contribution in [0.15, 0.2) is 22.9 Å². The Morgan fingerprint density at radius 2 is 2.04 bits per heavy atom. The fourth-order valence-electron chi connectivity index (χ4n) is 2.59. The Hall–Kier alpha value is -3.01. The summed E-state index contributed by atoms with van der Waals surface area (Å²) in [5.41, 5.74) is 2.60. The number of hydrogen-bond acceptors (Lipinski definition) is 8. The van der Waals surface area contributed by atoms with Gasteiger partial charge in [-0.05, 0) is 17.0 Å². The smallest absolute Gasteiger partial charge is 0.232 e. The molecule has 4 aromatic rings. The standard InChI is InChI=1S/C16H17ClN8O2/c1-16(2,3)10-5-13(26-8-9-7-18-23-24(9)4)21-25-14(10)19-20-15(25)11-6-12(17)27-22-11/h5-7H,8H2,1-4H3. The summed E-state index contributed by atoms with van der Waals surface area (Å²) in [6.45, 7) is 6.52. The van der Waals surface area contributed by atoms with Crippen LogP contribution in [0.4, 0.5) is 0 Å². The van der Waals surface area contributed by atoms with Crippen molar-refractivity contribution in [2.24, 2.45) is 7.05 Å². The van der Waals surface area contributed by atoms with Gasteiger partial charge in [-0.1, -0.05) is 31.1 Å². The third kappa shape index (κ3) is 3.23. The minimum atomic E-state index is -0.206. The second-order valence-corrected chi connectivity index (χ2v) is 7.43. The summed E-state index contributed by atoms with van der Waals surface area (Å²) in [7, 11) is 1.80. The van der Waals surface area contributed by atoms with E-state index in [1.54, 1.807) is 28.5 Å². The topological polar surface area (TPSA) is 109 Å². The summed E-state index contributed by atoms with van der Waals surface area (Å²) in [6, 6.07) is 3.43. The van der Waals surface area contributed by atoms with Crippen LogP contribution in [0.2, 0.25) is 5.22 Å². The third-order valence-corrected chi connectivity index (χ3v) is 4.22. The monoisotopic (exact) mass is 388 g/mol. The SMILES string of the molecule is Cn1nncc1COc1cc(C(C)(C)C)c2nnc(-c3cc(Cl)on3)n2n1. The lowest BCUT2D eigenvalue weighted by Crippen LogP contribution is -2.15. The van der Waals surface area contributed by atoms with Crippen molar-refractivity contribution in [3.63, 3.8) is 0 Å². The molecule has 4 heterocycles. The van der Waals surface area contributed by atoms with Crippen LogP contribution in [0.1, 0.15) is 32.0 Å². The van der Waals surface area contributed by atoms with Crippen LogP contribution in [0.3, 0.4) is 0 Å². The molecule has 0 aliphatic heterocycles. The van der Waals surface area contributed by atoms with E-state index in [1.165, 1.54) is 0 Å². The number of hydrogen-bond donors (Lipinski definition) is 0. The van der Waals surface area contributed by atoms with Gasteiger partial charge < -0.3 is 9.26 Å². The van der Waals surface area contributed by atoms with Gasteiger partial charge in [0.15, 0.2) is 11.3 Å². The lowest BCUT2D eigenvalue weighted by Gasteiger charge is -2.20. The van der Waals surface area contributed by atoms with Gasteiger partial charge in [-0.3, -0.25) is 0 Å². The second kappa shape index (κ2) is 6.31. The molecule has 10 nitrogen and oxygen atoms in total. The number of aromatic nitrogens is 8. The van der Waals surface area contributed by atoms with E-state index in [1.807, 2.05) is 6.07 Å². The van der Waals surface area contributed by atoms with Crippen LogP contribution >= 0.6 is 11.6 Å². The van der Waals surface area contributed by atoms with Crippen molar-refractivity contribution in [1.82, 2.24) is 40.0 Å². The molecule has 0 aromatic carbocycles. The van der Waals surface area contributed by atoms with E-state index < -0.39 is 0 Å². The number of ether oxygens (including phenoxy) is 1. The Bertz CT molecular complexity index is 1110. The van der Waals surface area contributed by atoms with Gasteiger partial charge in [-0.25, -0.2) is 4.68 Å². The fraction of sp³-hybridized carbons (Fsp3) is 0.375. The molecule has 0 bridgehead atoms. The van der Waals surface area contributed by atoms with Gasteiger partial charge >= 0.3 is 0 Å². The molecule has 0 unspecified atom stereocenters. The van der Waals surface area contributed by atoms with E-state index in [2.05, 4.69) is 51.5 Å². The number of nitrogens with zero attached hydrogens (tertiary/aromatic N) is 8. The summed E-state index contributed by atoms with van der Waals surface area (Å²) in [4.78, 5) is 0. The van der Waals surface area contributed by atoms with Crippen LogP contribution in [0.25, 0.3) is 17.2 Å². The quantitative estimate of drug-likeness (QED) is 0.524. The fourth-order valence-corrected chi connectivity index (χ4v) is 2.73. The molecular formula is C16H17ClN8O2. The molecule has 0 radical (unpaired) electrons. The van der Waals surface area contributed by atoms with Gasteiger partial charge in [0, 0.05) is 24.7 Å². The summed E-state index contributed by atoms with van der Waals surface area (Å²) in [5, 5.41) is 24.8. The first kappa shape index (κ1) is 17.4. The maximum absolute atomic E-state index is 5.88. The average molecular weight is 389 g/mol. The molecule has 0 aliphatic rings. The lowest BCUT2D eigenvalue weighted by molar-refractivity contribution is 0.278. The molecular weight excluding hydrogens is 372 g/mol. The highest BCUT2D eigenvalue weighted by Crippen LogP contribution is 2.30. The van der Waals surface area contributed by atoms with Gasteiger partial charge in [0.05, 0.1) is 11.9 Å². The summed E-state index contributed by atoms with van der Waals surface area (Å²) in [6.07, 6.45) is 1.64. The largest absolute Gasteiger partial charge is 0.470 e. The number of aryl methyl sites for hydroxylation is 1. The van der Waals surface area contributed by atoms with Gasteiger partial charge in [0.1, 0.15) is 6.61 Å². The lowest BCUT2D eigenvalue weighted by atomic mass is 9.88. The van der Waals surface area contributed by atoms with E-state index in [4.69, 9.17) is 20.9 Å². The minimum Gasteiger partial charge on any atom is -0.470 e. The summed E-state index contributed by atoms with van der Waals surface area (Å²) < 4.78 is 14.0. The zero-order valence-electron chi connectivity index (χ0n) is 15.2. The molecule has 140 valence electrons. The van der Waals surface area contributed by atoms with Crippen molar-refractivity contribution >= 4 is 17.2 Å². The first-order valence-electron chi connectivity index (χ1n) is 8.19. The van der Waals surface area contributed by atoms with E-state index in [-0.39, 0.29) is 17.2 Å². The molecule has 4 aromatic heterocycles. The van der Waals surface area contributed by atoms with Crippen LogP contribution in [-0.2, 0) is 19.1 Å². The maximum atomic E-state index is 5.88. The average Bonchev–Trinajstić information content (AvgIpc) is 3.31. The van der Waals surface area contributed by atoms with Gasteiger partial charge in [-0.2, -0.15) is 4.52 Å². The number of fused-ring (bicyclic) bond motifs is 1. The molecule has 0 N–H and O–H groups in total. The number of halogens is 1. The Balaban J connectivity index is 1.80. The summed E-state index contributed by atoms with van der Waals surface area (Å²) >= 11 is 5.84. The Morgan fingerprint density at radius 3 is 2.67 bits per heavy atom. The minimum absolute atomic E-state index is 0.161. The van der Waals surface area contributed by atoms with Crippen LogP contribution in [-0.4, -0.2) is 40.0 Å². The summed E-state index contributed by atoms with van der Waals surface area (Å²) in [5.74, 6) is 0.836. The van der Waals surface area contributed by atoms with Crippen molar-refractivity contribution in [2.45, 2.75) is 32.8 Å². The van der Waals surface area contributed by atoms with Crippen LogP contribution < -0.4 is 4.74 Å². The molecule has 0 aliphatic carbocycles. The Morgan fingerprint density at radius 1 is 1.22 bits per heavy atom. The zero-order chi connectivity index (χ0) is 19.2. The van der Waals surface area contributed by atoms with E-state index >= 15 is 0 Å². The molecule has 0 fully saturated rings. The molecule has 0 amide bonds. The van der Waals surface area contributed by atoms with E-state index in [9.17, 15) is 0 Å². The Kier molecular flexibility index (Phi) is 4.06. The van der Waals surface area contributed by atoms with Crippen LogP contribution in [0.5, 0.6) is 5.88 Å². The van der Waals surface area contributed by atoms with Gasteiger partial charge in [-0.15, -0.1) is 20.4 Å². The number of rotatable bonds is 4. The normalized spacial score (nSPS) is 12.0. The third-order valence-electron chi connectivity index (χ3n) is 4.04. The predicted octanol–water partition coefficient (Wildman–Crippen LogP) is 2.44. The zero-order valence-corrected chi connectivity index (χ0v) is 16.0. The Labute approximate surface area is 159 Å². The highest BCUT2D eigenvalue weighted by Gasteiger charge is 2.24. The van der Waals surface area contributed by atoms with Crippen molar-refractivity contribution in [3.05, 3.63) is 34.8 Å². The highest BCUT2D eigenvalue weighted by molar-refractivity contribution is 6.29. The molecule has 0 atom stereocenters.